The van der Waals surface area contributed by atoms with Crippen LogP contribution in [0.25, 0.3) is 0 Å². The molecule has 10 heteroatoms. The van der Waals surface area contributed by atoms with Crippen molar-refractivity contribution in [1.82, 2.24) is 0 Å². The van der Waals surface area contributed by atoms with E-state index in [0.29, 0.717) is 17.8 Å². The van der Waals surface area contributed by atoms with Crippen LogP contribution >= 0.6 is 0 Å². The number of rotatable bonds is 5. The van der Waals surface area contributed by atoms with Crippen LogP contribution in [0.3, 0.4) is 0 Å². The van der Waals surface area contributed by atoms with Gasteiger partial charge in [-0.05, 0) is 12.1 Å². The first kappa shape index (κ1) is 15.7. The van der Waals surface area contributed by atoms with Gasteiger partial charge in [0.1, 0.15) is 5.56 Å². The molecule has 0 amide bonds. The summed E-state index contributed by atoms with van der Waals surface area (Å²) in [6.45, 7) is 0. The summed E-state index contributed by atoms with van der Waals surface area (Å²) < 4.78 is 0. The van der Waals surface area contributed by atoms with Gasteiger partial charge in [0, 0.05) is 6.21 Å². The van der Waals surface area contributed by atoms with Gasteiger partial charge in [0.25, 0.3) is 17.1 Å². The van der Waals surface area contributed by atoms with Crippen LogP contribution in [0.4, 0.5) is 22.7 Å². The van der Waals surface area contributed by atoms with E-state index in [2.05, 4.69) is 4.99 Å². The minimum Gasteiger partial charge on any atom is -0.258 e. The van der Waals surface area contributed by atoms with Crippen molar-refractivity contribution in [3.8, 4) is 0 Å². The molecule has 116 valence electrons. The van der Waals surface area contributed by atoms with E-state index in [9.17, 15) is 30.3 Å². The van der Waals surface area contributed by atoms with Gasteiger partial charge in [-0.25, -0.2) is 0 Å². The second kappa shape index (κ2) is 6.39. The van der Waals surface area contributed by atoms with Crippen LogP contribution in [0.2, 0.25) is 0 Å². The van der Waals surface area contributed by atoms with Gasteiger partial charge in [-0.15, -0.1) is 0 Å². The van der Waals surface area contributed by atoms with Crippen LogP contribution in [-0.4, -0.2) is 21.0 Å². The van der Waals surface area contributed by atoms with Crippen molar-refractivity contribution >= 4 is 29.0 Å². The van der Waals surface area contributed by atoms with Crippen LogP contribution < -0.4 is 0 Å². The first-order chi connectivity index (χ1) is 10.9. The minimum absolute atomic E-state index is 0.408. The summed E-state index contributed by atoms with van der Waals surface area (Å²) in [6.07, 6.45) is 0.954. The molecule has 0 unspecified atom stereocenters. The van der Waals surface area contributed by atoms with E-state index in [0.717, 1.165) is 6.21 Å². The summed E-state index contributed by atoms with van der Waals surface area (Å²) >= 11 is 0. The molecule has 0 N–H and O–H groups in total. The average Bonchev–Trinajstić information content (AvgIpc) is 2.52. The van der Waals surface area contributed by atoms with Crippen molar-refractivity contribution in [2.75, 3.05) is 0 Å². The summed E-state index contributed by atoms with van der Waals surface area (Å²) in [6, 6.07) is 9.60. The molecule has 0 heterocycles. The molecule has 2 aromatic rings. The number of nitro groups is 3. The lowest BCUT2D eigenvalue weighted by Crippen LogP contribution is -2.02. The zero-order chi connectivity index (χ0) is 17.0. The average molecular weight is 316 g/mol. The Hall–Kier alpha value is -3.69. The number of nitro benzene ring substituents is 3. The van der Waals surface area contributed by atoms with Gasteiger partial charge in [-0.2, -0.15) is 0 Å². The molecule has 0 atom stereocenters. The van der Waals surface area contributed by atoms with Crippen LogP contribution in [0.1, 0.15) is 5.56 Å². The molecular weight excluding hydrogens is 308 g/mol. The Balaban J connectivity index is 2.64. The highest BCUT2D eigenvalue weighted by atomic mass is 16.6. The maximum absolute atomic E-state index is 11.1. The monoisotopic (exact) mass is 316 g/mol. The topological polar surface area (TPSA) is 142 Å². The molecule has 0 aliphatic heterocycles. The maximum Gasteiger partial charge on any atom is 0.291 e. The van der Waals surface area contributed by atoms with E-state index < -0.39 is 37.4 Å². The fraction of sp³-hybridized carbons (Fsp3) is 0. The lowest BCUT2D eigenvalue weighted by atomic mass is 10.1. The second-order valence-electron chi connectivity index (χ2n) is 4.26. The van der Waals surface area contributed by atoms with Crippen molar-refractivity contribution in [2.45, 2.75) is 0 Å². The first-order valence-electron chi connectivity index (χ1n) is 6.10. The van der Waals surface area contributed by atoms with E-state index in [1.54, 1.807) is 30.3 Å². The summed E-state index contributed by atoms with van der Waals surface area (Å²) in [5.74, 6) is 0. The minimum atomic E-state index is -0.932. The number of benzene rings is 2. The molecule has 0 radical (unpaired) electrons. The van der Waals surface area contributed by atoms with Crippen LogP contribution in [-0.2, 0) is 0 Å². The molecule has 2 rings (SSSR count). The summed E-state index contributed by atoms with van der Waals surface area (Å²) in [5.41, 5.74) is -2.24. The molecule has 2 aromatic carbocycles. The Morgan fingerprint density at radius 1 is 0.826 bits per heavy atom. The van der Waals surface area contributed by atoms with Gasteiger partial charge in [-0.3, -0.25) is 35.3 Å². The van der Waals surface area contributed by atoms with E-state index in [1.807, 2.05) is 0 Å². The standard InChI is InChI=1S/C13H8N4O6/c18-15(19)10-6-12(16(20)21)11(13(7-10)17(22)23)8-14-9-4-2-1-3-5-9/h1-8H. The Labute approximate surface area is 128 Å². The van der Waals surface area contributed by atoms with Crippen LogP contribution in [0, 0.1) is 30.3 Å². The SMILES string of the molecule is O=[N+]([O-])c1cc([N+](=O)[O-])c(C=Nc2ccccc2)c([N+](=O)[O-])c1. The largest absolute Gasteiger partial charge is 0.291 e. The Morgan fingerprint density at radius 2 is 1.35 bits per heavy atom. The number of para-hydroxylation sites is 1. The molecule has 0 saturated carbocycles. The number of non-ortho nitro benzene ring substituents is 1. The molecule has 0 aromatic heterocycles. The number of aliphatic imine (C=N–C) groups is 1. The lowest BCUT2D eigenvalue weighted by Gasteiger charge is -2.00. The predicted octanol–water partition coefficient (Wildman–Crippen LogP) is 3.16. The van der Waals surface area contributed by atoms with Crippen molar-refractivity contribution in [1.29, 1.82) is 0 Å². The molecule has 10 nitrogen and oxygen atoms in total. The highest BCUT2D eigenvalue weighted by Gasteiger charge is 2.29. The van der Waals surface area contributed by atoms with Crippen molar-refractivity contribution in [2.24, 2.45) is 4.99 Å². The van der Waals surface area contributed by atoms with E-state index in [1.165, 1.54) is 0 Å². The molecule has 0 bridgehead atoms. The fourth-order valence-electron chi connectivity index (χ4n) is 1.80. The molecular formula is C13H8N4O6. The third kappa shape index (κ3) is 3.50. The third-order valence-corrected chi connectivity index (χ3v) is 2.82. The van der Waals surface area contributed by atoms with Crippen molar-refractivity contribution in [3.63, 3.8) is 0 Å². The summed E-state index contributed by atoms with van der Waals surface area (Å²) in [4.78, 5) is 34.1. The predicted molar refractivity (Wildman–Crippen MR) is 80.1 cm³/mol. The number of hydrogen-bond donors (Lipinski definition) is 0. The molecule has 23 heavy (non-hydrogen) atoms. The highest BCUT2D eigenvalue weighted by Crippen LogP contribution is 2.32. The number of nitrogens with zero attached hydrogens (tertiary/aromatic N) is 4. The quantitative estimate of drug-likeness (QED) is 0.471. The normalized spacial score (nSPS) is 10.6. The van der Waals surface area contributed by atoms with Crippen LogP contribution in [0.15, 0.2) is 47.5 Å². The zero-order valence-corrected chi connectivity index (χ0v) is 11.4. The van der Waals surface area contributed by atoms with Gasteiger partial charge in [0.15, 0.2) is 0 Å². The Bertz CT molecular complexity index is 783. The highest BCUT2D eigenvalue weighted by molar-refractivity contribution is 5.93. The second-order valence-corrected chi connectivity index (χ2v) is 4.26. The third-order valence-electron chi connectivity index (χ3n) is 2.82. The van der Waals surface area contributed by atoms with Gasteiger partial charge in [0.2, 0.25) is 0 Å². The first-order valence-corrected chi connectivity index (χ1v) is 6.10. The smallest absolute Gasteiger partial charge is 0.258 e. The van der Waals surface area contributed by atoms with Crippen LogP contribution in [0.5, 0.6) is 0 Å². The van der Waals surface area contributed by atoms with E-state index >= 15 is 0 Å². The summed E-state index contributed by atoms with van der Waals surface area (Å²) in [5, 5.41) is 32.9. The van der Waals surface area contributed by atoms with Gasteiger partial charge in [-0.1, -0.05) is 18.2 Å². The number of hydrogen-bond acceptors (Lipinski definition) is 7. The van der Waals surface area contributed by atoms with Crippen molar-refractivity contribution < 1.29 is 14.8 Å². The molecule has 0 aliphatic carbocycles. The molecule has 0 saturated heterocycles. The van der Waals surface area contributed by atoms with Gasteiger partial charge in [0.05, 0.1) is 32.6 Å². The molecule has 0 spiro atoms. The molecule has 0 aliphatic rings. The van der Waals surface area contributed by atoms with E-state index in [-0.39, 0.29) is 0 Å². The van der Waals surface area contributed by atoms with E-state index in [4.69, 9.17) is 0 Å². The lowest BCUT2D eigenvalue weighted by molar-refractivity contribution is -0.403. The maximum atomic E-state index is 11.1. The Morgan fingerprint density at radius 3 is 1.78 bits per heavy atom. The zero-order valence-electron chi connectivity index (χ0n) is 11.4. The summed E-state index contributed by atoms with van der Waals surface area (Å²) in [7, 11) is 0. The molecule has 0 fully saturated rings. The van der Waals surface area contributed by atoms with Gasteiger partial charge >= 0.3 is 0 Å². The van der Waals surface area contributed by atoms with Crippen molar-refractivity contribution in [3.05, 3.63) is 78.4 Å². The Kier molecular flexibility index (Phi) is 4.36. The van der Waals surface area contributed by atoms with Gasteiger partial charge < -0.3 is 0 Å². The fourth-order valence-corrected chi connectivity index (χ4v) is 1.80.